The fourth-order valence-corrected chi connectivity index (χ4v) is 3.87. The molecule has 4 heteroatoms. The van der Waals surface area contributed by atoms with Crippen molar-refractivity contribution < 1.29 is 4.84 Å². The van der Waals surface area contributed by atoms with E-state index < -0.39 is 0 Å². The van der Waals surface area contributed by atoms with E-state index >= 15 is 0 Å². The Hall–Kier alpha value is -3.63. The van der Waals surface area contributed by atoms with Crippen LogP contribution in [0.1, 0.15) is 28.4 Å². The third-order valence-corrected chi connectivity index (χ3v) is 5.40. The highest BCUT2D eigenvalue weighted by Crippen LogP contribution is 2.28. The van der Waals surface area contributed by atoms with Crippen LogP contribution in [0.3, 0.4) is 0 Å². The molecule has 4 nitrogen and oxygen atoms in total. The first kappa shape index (κ1) is 18.4. The van der Waals surface area contributed by atoms with Gasteiger partial charge in [0.15, 0.2) is 0 Å². The Labute approximate surface area is 176 Å². The second-order valence-corrected chi connectivity index (χ2v) is 7.35. The van der Waals surface area contributed by atoms with Gasteiger partial charge in [-0.1, -0.05) is 84.0 Å². The quantitative estimate of drug-likeness (QED) is 0.391. The zero-order valence-corrected chi connectivity index (χ0v) is 16.6. The van der Waals surface area contributed by atoms with E-state index in [1.165, 1.54) is 11.1 Å². The van der Waals surface area contributed by atoms with Crippen LogP contribution >= 0.6 is 0 Å². The second-order valence-electron chi connectivity index (χ2n) is 7.35. The third-order valence-electron chi connectivity index (χ3n) is 5.40. The lowest BCUT2D eigenvalue weighted by atomic mass is 10.1. The average molecular weight is 393 g/mol. The van der Waals surface area contributed by atoms with Gasteiger partial charge in [0.05, 0.1) is 17.4 Å². The standard InChI is InChI=1S/C26H23N3O/c1-3-10-20(11-4-1)18-27-23(21-12-5-2-6-13-21)19-30-28-26-22-14-7-8-15-24(22)29-17-9-16-25(26)29/h1-17,23,27H,18-19H2/b28-26-. The van der Waals surface area contributed by atoms with Crippen LogP contribution in [-0.4, -0.2) is 16.9 Å². The number of nitrogens with one attached hydrogen (secondary N) is 1. The molecule has 4 aromatic rings. The number of para-hydroxylation sites is 1. The molecule has 0 fully saturated rings. The van der Waals surface area contributed by atoms with Crippen molar-refractivity contribution >= 4 is 5.71 Å². The van der Waals surface area contributed by atoms with E-state index in [1.807, 2.05) is 30.3 Å². The van der Waals surface area contributed by atoms with E-state index in [0.29, 0.717) is 6.61 Å². The molecule has 1 N–H and O–H groups in total. The van der Waals surface area contributed by atoms with Crippen LogP contribution in [0, 0.1) is 0 Å². The van der Waals surface area contributed by atoms with Gasteiger partial charge >= 0.3 is 0 Å². The van der Waals surface area contributed by atoms with Crippen molar-refractivity contribution in [2.24, 2.45) is 5.16 Å². The Kier molecular flexibility index (Phi) is 5.15. The summed E-state index contributed by atoms with van der Waals surface area (Å²) in [4.78, 5) is 5.92. The van der Waals surface area contributed by atoms with Crippen LogP contribution in [0.4, 0.5) is 0 Å². The molecule has 0 bridgehead atoms. The molecule has 5 rings (SSSR count). The first-order chi connectivity index (χ1) is 14.9. The molecule has 1 aliphatic rings. The topological polar surface area (TPSA) is 38.5 Å². The zero-order chi connectivity index (χ0) is 20.2. The Bertz CT molecular complexity index is 1150. The minimum Gasteiger partial charge on any atom is -0.393 e. The minimum absolute atomic E-state index is 0.0409. The number of benzene rings is 3. The SMILES string of the molecule is c1ccc(CNC(CO/N=C2/c3ccccc3-n3cccc32)c2ccccc2)cc1. The van der Waals surface area contributed by atoms with E-state index in [-0.39, 0.29) is 6.04 Å². The summed E-state index contributed by atoms with van der Waals surface area (Å²) in [5.74, 6) is 0. The van der Waals surface area contributed by atoms with E-state index in [1.54, 1.807) is 0 Å². The lowest BCUT2D eigenvalue weighted by molar-refractivity contribution is 0.119. The molecule has 0 spiro atoms. The first-order valence-electron chi connectivity index (χ1n) is 10.2. The van der Waals surface area contributed by atoms with Gasteiger partial charge in [-0.15, -0.1) is 0 Å². The Morgan fingerprint density at radius 3 is 2.37 bits per heavy atom. The van der Waals surface area contributed by atoms with Gasteiger partial charge in [0.25, 0.3) is 0 Å². The summed E-state index contributed by atoms with van der Waals surface area (Å²) >= 11 is 0. The molecule has 148 valence electrons. The fourth-order valence-electron chi connectivity index (χ4n) is 3.87. The van der Waals surface area contributed by atoms with Crippen LogP contribution < -0.4 is 5.32 Å². The molecule has 1 aliphatic heterocycles. The highest BCUT2D eigenvalue weighted by Gasteiger charge is 2.24. The first-order valence-corrected chi connectivity index (χ1v) is 10.2. The van der Waals surface area contributed by atoms with Gasteiger partial charge in [-0.25, -0.2) is 0 Å². The van der Waals surface area contributed by atoms with Crippen molar-refractivity contribution in [3.05, 3.63) is 126 Å². The molecular weight excluding hydrogens is 370 g/mol. The number of oxime groups is 1. The molecule has 0 radical (unpaired) electrons. The van der Waals surface area contributed by atoms with Crippen LogP contribution in [-0.2, 0) is 11.4 Å². The summed E-state index contributed by atoms with van der Waals surface area (Å²) in [6.45, 7) is 1.22. The second kappa shape index (κ2) is 8.39. The van der Waals surface area contributed by atoms with Gasteiger partial charge in [-0.3, -0.25) is 0 Å². The molecule has 0 saturated carbocycles. The van der Waals surface area contributed by atoms with Crippen LogP contribution in [0.2, 0.25) is 0 Å². The van der Waals surface area contributed by atoms with E-state index in [2.05, 4.69) is 88.0 Å². The molecular formula is C26H23N3O. The summed E-state index contributed by atoms with van der Waals surface area (Å²) in [5, 5.41) is 8.17. The molecule has 0 aliphatic carbocycles. The van der Waals surface area contributed by atoms with Gasteiger partial charge in [0.2, 0.25) is 0 Å². The van der Waals surface area contributed by atoms with Crippen LogP contribution in [0.5, 0.6) is 0 Å². The summed E-state index contributed by atoms with van der Waals surface area (Å²) in [6, 6.07) is 33.2. The maximum absolute atomic E-state index is 5.92. The highest BCUT2D eigenvalue weighted by atomic mass is 16.6. The maximum Gasteiger partial charge on any atom is 0.136 e. The number of hydrogen-bond donors (Lipinski definition) is 1. The van der Waals surface area contributed by atoms with Gasteiger partial charge in [0.1, 0.15) is 12.3 Å². The Morgan fingerprint density at radius 1 is 0.800 bits per heavy atom. The predicted molar refractivity (Wildman–Crippen MR) is 120 cm³/mol. The van der Waals surface area contributed by atoms with Gasteiger partial charge in [-0.2, -0.15) is 0 Å². The summed E-state index contributed by atoms with van der Waals surface area (Å²) in [7, 11) is 0. The lowest BCUT2D eigenvalue weighted by Crippen LogP contribution is -2.25. The van der Waals surface area contributed by atoms with Crippen LogP contribution in [0.15, 0.2) is 108 Å². The lowest BCUT2D eigenvalue weighted by Gasteiger charge is -2.18. The maximum atomic E-state index is 5.92. The summed E-state index contributed by atoms with van der Waals surface area (Å²) in [6.07, 6.45) is 2.06. The van der Waals surface area contributed by atoms with Gasteiger partial charge in [0, 0.05) is 18.3 Å². The Balaban J connectivity index is 1.35. The molecule has 1 unspecified atom stereocenters. The number of hydrogen-bond acceptors (Lipinski definition) is 3. The van der Waals surface area contributed by atoms with E-state index in [4.69, 9.17) is 4.84 Å². The number of fused-ring (bicyclic) bond motifs is 3. The van der Waals surface area contributed by atoms with Crippen molar-refractivity contribution in [3.63, 3.8) is 0 Å². The molecule has 3 aromatic carbocycles. The van der Waals surface area contributed by atoms with Crippen molar-refractivity contribution in [2.75, 3.05) is 6.61 Å². The van der Waals surface area contributed by atoms with E-state index in [9.17, 15) is 0 Å². The molecule has 30 heavy (non-hydrogen) atoms. The number of nitrogens with zero attached hydrogens (tertiary/aromatic N) is 2. The third kappa shape index (κ3) is 3.65. The summed E-state index contributed by atoms with van der Waals surface area (Å²) < 4.78 is 2.15. The van der Waals surface area contributed by atoms with Crippen molar-refractivity contribution in [2.45, 2.75) is 12.6 Å². The predicted octanol–water partition coefficient (Wildman–Crippen LogP) is 5.09. The van der Waals surface area contributed by atoms with Gasteiger partial charge < -0.3 is 14.7 Å². The van der Waals surface area contributed by atoms with Gasteiger partial charge in [-0.05, 0) is 29.3 Å². The zero-order valence-electron chi connectivity index (χ0n) is 16.6. The number of aromatic nitrogens is 1. The Morgan fingerprint density at radius 2 is 1.53 bits per heavy atom. The normalized spacial score (nSPS) is 14.3. The van der Waals surface area contributed by atoms with Crippen molar-refractivity contribution in [1.82, 2.24) is 9.88 Å². The highest BCUT2D eigenvalue weighted by molar-refractivity contribution is 6.17. The smallest absolute Gasteiger partial charge is 0.136 e. The fraction of sp³-hybridized carbons (Fsp3) is 0.115. The molecule has 0 amide bonds. The van der Waals surface area contributed by atoms with Crippen molar-refractivity contribution in [1.29, 1.82) is 0 Å². The summed E-state index contributed by atoms with van der Waals surface area (Å²) in [5.41, 5.74) is 6.61. The largest absolute Gasteiger partial charge is 0.393 e. The molecule has 1 aromatic heterocycles. The number of rotatable bonds is 7. The van der Waals surface area contributed by atoms with E-state index in [0.717, 1.165) is 29.2 Å². The van der Waals surface area contributed by atoms with Crippen molar-refractivity contribution in [3.8, 4) is 5.69 Å². The minimum atomic E-state index is 0.0409. The monoisotopic (exact) mass is 393 g/mol. The molecule has 0 saturated heterocycles. The molecule has 2 heterocycles. The average Bonchev–Trinajstić information content (AvgIpc) is 3.39. The van der Waals surface area contributed by atoms with Crippen LogP contribution in [0.25, 0.3) is 5.69 Å². The molecule has 1 atom stereocenters.